The number of hydrogen-bond donors (Lipinski definition) is 1. The molecule has 0 radical (unpaired) electrons. The van der Waals surface area contributed by atoms with Crippen molar-refractivity contribution >= 4 is 27.6 Å². The summed E-state index contributed by atoms with van der Waals surface area (Å²) < 4.78 is 16.8. The number of aryl methyl sites for hydroxylation is 1. The lowest BCUT2D eigenvalue weighted by atomic mass is 10.2. The smallest absolute Gasteiger partial charge is 0.250 e. The van der Waals surface area contributed by atoms with Crippen LogP contribution in [0.1, 0.15) is 5.56 Å². The van der Waals surface area contributed by atoms with Gasteiger partial charge in [0, 0.05) is 24.2 Å². The maximum atomic E-state index is 12.3. The summed E-state index contributed by atoms with van der Waals surface area (Å²) in [5, 5.41) is 9.66. The predicted molar refractivity (Wildman–Crippen MR) is 90.4 cm³/mol. The molecule has 0 saturated heterocycles. The second-order valence-corrected chi connectivity index (χ2v) is 6.22. The summed E-state index contributed by atoms with van der Waals surface area (Å²) in [4.78, 5) is 12.2. The van der Waals surface area contributed by atoms with Crippen LogP contribution in [0, 0.1) is 11.3 Å². The zero-order valence-electron chi connectivity index (χ0n) is 12.3. The number of nitriles is 1. The van der Waals surface area contributed by atoms with E-state index in [1.54, 1.807) is 48.0 Å². The largest absolute Gasteiger partial charge is 0.311 e. The molecule has 3 aromatic rings. The molecule has 0 amide bonds. The van der Waals surface area contributed by atoms with Gasteiger partial charge in [-0.2, -0.15) is 5.26 Å². The van der Waals surface area contributed by atoms with Crippen molar-refractivity contribution in [1.29, 1.82) is 5.26 Å². The molecular formula is C17H13N3O2S. The number of nitrogens with zero attached hydrogens (tertiary/aromatic N) is 2. The number of anilines is 1. The SMILES string of the molecule is Cn1c(=O)ccc2cc(NS(=O)c3ccc(C#N)cc3)ccc21. The molecule has 0 bridgehead atoms. The molecule has 1 aromatic heterocycles. The summed E-state index contributed by atoms with van der Waals surface area (Å²) in [6, 6.07) is 17.3. The third kappa shape index (κ3) is 3.00. The van der Waals surface area contributed by atoms with Gasteiger partial charge in [-0.15, -0.1) is 0 Å². The molecular weight excluding hydrogens is 310 g/mol. The van der Waals surface area contributed by atoms with Gasteiger partial charge in [-0.1, -0.05) is 0 Å². The van der Waals surface area contributed by atoms with Crippen molar-refractivity contribution in [1.82, 2.24) is 4.57 Å². The molecule has 0 fully saturated rings. The van der Waals surface area contributed by atoms with Crippen LogP contribution in [-0.2, 0) is 18.0 Å². The van der Waals surface area contributed by atoms with Crippen LogP contribution in [0.3, 0.4) is 0 Å². The highest BCUT2D eigenvalue weighted by Crippen LogP contribution is 2.19. The lowest BCUT2D eigenvalue weighted by Gasteiger charge is -2.09. The molecule has 23 heavy (non-hydrogen) atoms. The molecule has 114 valence electrons. The average Bonchev–Trinajstić information content (AvgIpc) is 2.58. The Kier molecular flexibility index (Phi) is 3.96. The van der Waals surface area contributed by atoms with Crippen molar-refractivity contribution in [2.45, 2.75) is 4.90 Å². The molecule has 5 nitrogen and oxygen atoms in total. The van der Waals surface area contributed by atoms with Crippen LogP contribution in [0.15, 0.2) is 64.3 Å². The van der Waals surface area contributed by atoms with Gasteiger partial charge in [0.15, 0.2) is 0 Å². The highest BCUT2D eigenvalue weighted by molar-refractivity contribution is 7.86. The zero-order chi connectivity index (χ0) is 16.4. The van der Waals surface area contributed by atoms with Gasteiger partial charge in [-0.3, -0.25) is 4.79 Å². The monoisotopic (exact) mass is 323 g/mol. The second kappa shape index (κ2) is 6.07. The van der Waals surface area contributed by atoms with Crippen LogP contribution < -0.4 is 10.3 Å². The molecule has 0 spiro atoms. The first-order valence-corrected chi connectivity index (χ1v) is 8.02. The quantitative estimate of drug-likeness (QED) is 0.805. The Morgan fingerprint density at radius 3 is 2.52 bits per heavy atom. The first-order chi connectivity index (χ1) is 11.1. The van der Waals surface area contributed by atoms with E-state index < -0.39 is 11.0 Å². The summed E-state index contributed by atoms with van der Waals surface area (Å²) >= 11 is 0. The molecule has 0 saturated carbocycles. The van der Waals surface area contributed by atoms with Gasteiger partial charge in [0.1, 0.15) is 11.0 Å². The van der Waals surface area contributed by atoms with Crippen molar-refractivity contribution in [2.75, 3.05) is 4.72 Å². The first kappa shape index (κ1) is 15.0. The van der Waals surface area contributed by atoms with Gasteiger partial charge in [-0.05, 0) is 48.5 Å². The van der Waals surface area contributed by atoms with Gasteiger partial charge in [0.2, 0.25) is 0 Å². The third-order valence-corrected chi connectivity index (χ3v) is 4.65. The van der Waals surface area contributed by atoms with Gasteiger partial charge in [-0.25, -0.2) is 4.21 Å². The predicted octanol–water partition coefficient (Wildman–Crippen LogP) is 2.54. The first-order valence-electron chi connectivity index (χ1n) is 6.87. The van der Waals surface area contributed by atoms with E-state index in [-0.39, 0.29) is 5.56 Å². The molecule has 0 aliphatic rings. The minimum Gasteiger partial charge on any atom is -0.311 e. The number of nitrogens with one attached hydrogen (secondary N) is 1. The summed E-state index contributed by atoms with van der Waals surface area (Å²) in [7, 11) is 0.290. The summed E-state index contributed by atoms with van der Waals surface area (Å²) in [5.74, 6) is 0. The summed E-state index contributed by atoms with van der Waals surface area (Å²) in [6.45, 7) is 0. The Hall–Kier alpha value is -2.91. The fourth-order valence-corrected chi connectivity index (χ4v) is 3.11. The van der Waals surface area contributed by atoms with Crippen LogP contribution >= 0.6 is 0 Å². The Balaban J connectivity index is 1.89. The molecule has 6 heteroatoms. The molecule has 3 rings (SSSR count). The van der Waals surface area contributed by atoms with Crippen LogP contribution in [0.2, 0.25) is 0 Å². The van der Waals surface area contributed by atoms with Gasteiger partial charge >= 0.3 is 0 Å². The van der Waals surface area contributed by atoms with E-state index >= 15 is 0 Å². The number of rotatable bonds is 3. The topological polar surface area (TPSA) is 74.9 Å². The van der Waals surface area contributed by atoms with Gasteiger partial charge < -0.3 is 9.29 Å². The van der Waals surface area contributed by atoms with Crippen molar-refractivity contribution in [3.63, 3.8) is 0 Å². The normalized spacial score (nSPS) is 11.8. The minimum atomic E-state index is -1.43. The van der Waals surface area contributed by atoms with Crippen LogP contribution in [-0.4, -0.2) is 8.78 Å². The van der Waals surface area contributed by atoms with E-state index in [0.29, 0.717) is 16.1 Å². The lowest BCUT2D eigenvalue weighted by molar-refractivity contribution is 0.686. The second-order valence-electron chi connectivity index (χ2n) is 5.01. The maximum absolute atomic E-state index is 12.3. The average molecular weight is 323 g/mol. The molecule has 0 aliphatic carbocycles. The lowest BCUT2D eigenvalue weighted by Crippen LogP contribution is -2.15. The van der Waals surface area contributed by atoms with Crippen LogP contribution in [0.4, 0.5) is 5.69 Å². The molecule has 1 unspecified atom stereocenters. The standard InChI is InChI=1S/C17H13N3O2S/c1-20-16-8-5-14(10-13(16)4-9-17(20)21)19-23(22)15-6-2-12(11-18)3-7-15/h2-10,19H,1H3. The fraction of sp³-hybridized carbons (Fsp3) is 0.0588. The molecule has 0 aliphatic heterocycles. The highest BCUT2D eigenvalue weighted by atomic mass is 32.2. The van der Waals surface area contributed by atoms with Gasteiger partial charge in [0.05, 0.1) is 22.0 Å². The molecule has 2 aromatic carbocycles. The fourth-order valence-electron chi connectivity index (χ4n) is 2.27. The number of benzene rings is 2. The van der Waals surface area contributed by atoms with Crippen LogP contribution in [0.5, 0.6) is 0 Å². The number of pyridine rings is 1. The van der Waals surface area contributed by atoms with E-state index in [1.165, 1.54) is 6.07 Å². The maximum Gasteiger partial charge on any atom is 0.250 e. The molecule has 1 atom stereocenters. The van der Waals surface area contributed by atoms with Crippen molar-refractivity contribution in [3.8, 4) is 6.07 Å². The number of aromatic nitrogens is 1. The highest BCUT2D eigenvalue weighted by Gasteiger charge is 2.06. The Bertz CT molecular complexity index is 1000. The zero-order valence-corrected chi connectivity index (χ0v) is 13.1. The third-order valence-electron chi connectivity index (χ3n) is 3.53. The van der Waals surface area contributed by atoms with Gasteiger partial charge in [0.25, 0.3) is 5.56 Å². The van der Waals surface area contributed by atoms with E-state index in [0.717, 1.165) is 10.9 Å². The molecule has 1 heterocycles. The van der Waals surface area contributed by atoms with E-state index in [9.17, 15) is 9.00 Å². The Morgan fingerprint density at radius 2 is 1.83 bits per heavy atom. The van der Waals surface area contributed by atoms with Crippen molar-refractivity contribution < 1.29 is 4.21 Å². The minimum absolute atomic E-state index is 0.0700. The summed E-state index contributed by atoms with van der Waals surface area (Å²) in [5.41, 5.74) is 1.96. The van der Waals surface area contributed by atoms with Crippen molar-refractivity contribution in [2.24, 2.45) is 7.05 Å². The number of fused-ring (bicyclic) bond motifs is 1. The number of hydrogen-bond acceptors (Lipinski definition) is 3. The van der Waals surface area contributed by atoms with Crippen LogP contribution in [0.25, 0.3) is 10.9 Å². The molecule has 1 N–H and O–H groups in total. The Labute approximate surface area is 135 Å². The van der Waals surface area contributed by atoms with E-state index in [4.69, 9.17) is 5.26 Å². The van der Waals surface area contributed by atoms with E-state index in [2.05, 4.69) is 4.72 Å². The summed E-state index contributed by atoms with van der Waals surface area (Å²) in [6.07, 6.45) is 0. The Morgan fingerprint density at radius 1 is 1.09 bits per heavy atom. The van der Waals surface area contributed by atoms with Crippen molar-refractivity contribution in [3.05, 3.63) is 70.5 Å². The van der Waals surface area contributed by atoms with E-state index in [1.807, 2.05) is 18.2 Å².